The molecule has 0 unspecified atom stereocenters. The van der Waals surface area contributed by atoms with Gasteiger partial charge in [0.05, 0.1) is 0 Å². The Labute approximate surface area is 61.3 Å². The van der Waals surface area contributed by atoms with Gasteiger partial charge in [0, 0.05) is 0 Å². The van der Waals surface area contributed by atoms with Crippen LogP contribution in [0.3, 0.4) is 0 Å². The van der Waals surface area contributed by atoms with Crippen molar-refractivity contribution in [2.24, 2.45) is 0 Å². The summed E-state index contributed by atoms with van der Waals surface area (Å²) in [5.41, 5.74) is 2.97. The zero-order chi connectivity index (χ0) is 6.81. The summed E-state index contributed by atoms with van der Waals surface area (Å²) < 4.78 is 0. The molecule has 50 valence electrons. The molecule has 0 heteroatoms. The predicted octanol–water partition coefficient (Wildman–Crippen LogP) is 2.76. The summed E-state index contributed by atoms with van der Waals surface area (Å²) in [4.78, 5) is 0. The van der Waals surface area contributed by atoms with E-state index in [0.717, 1.165) is 12.8 Å². The molecule has 0 heterocycles. The van der Waals surface area contributed by atoms with Crippen LogP contribution in [-0.4, -0.2) is 0 Å². The minimum Gasteiger partial charge on any atom is -0.0802 e. The molecule has 0 atom stereocenters. The Morgan fingerprint density at radius 1 is 1.10 bits per heavy atom. The summed E-state index contributed by atoms with van der Waals surface area (Å²) in [5.74, 6) is 0. The van der Waals surface area contributed by atoms with Crippen LogP contribution in [0, 0.1) is 0 Å². The average molecular weight is 130 g/mol. The van der Waals surface area contributed by atoms with Crippen LogP contribution in [0.15, 0.2) is 47.6 Å². The van der Waals surface area contributed by atoms with E-state index < -0.39 is 0 Å². The fraction of sp³-hybridized carbons (Fsp3) is 0.200. The molecule has 0 aliphatic heterocycles. The van der Waals surface area contributed by atoms with E-state index in [0.29, 0.717) is 0 Å². The highest BCUT2D eigenvalue weighted by atomic mass is 14.1. The van der Waals surface area contributed by atoms with Gasteiger partial charge in [-0.1, -0.05) is 42.0 Å². The van der Waals surface area contributed by atoms with Crippen molar-refractivity contribution in [1.82, 2.24) is 0 Å². The highest BCUT2D eigenvalue weighted by molar-refractivity contribution is 5.38. The fourth-order valence-electron chi connectivity index (χ4n) is 1.37. The minimum absolute atomic E-state index is 1.14. The second kappa shape index (κ2) is 2.30. The van der Waals surface area contributed by atoms with Crippen LogP contribution in [-0.2, 0) is 0 Å². The summed E-state index contributed by atoms with van der Waals surface area (Å²) in [6.07, 6.45) is 15.4. The summed E-state index contributed by atoms with van der Waals surface area (Å²) in [5, 5.41) is 0. The standard InChI is InChI=1S/C10H10/c1-2-5-10-7-3-6-9(4-1)8-10/h1-6H,7-8H2. The van der Waals surface area contributed by atoms with Gasteiger partial charge in [0.2, 0.25) is 0 Å². The van der Waals surface area contributed by atoms with Gasteiger partial charge in [-0.15, -0.1) is 0 Å². The molecule has 0 N–H and O–H groups in total. The van der Waals surface area contributed by atoms with Gasteiger partial charge in [0.15, 0.2) is 0 Å². The van der Waals surface area contributed by atoms with E-state index in [1.807, 2.05) is 0 Å². The number of fused-ring (bicyclic) bond motifs is 2. The SMILES string of the molecule is C1=CC=C2CC=CC(=C1)C2. The van der Waals surface area contributed by atoms with Crippen molar-refractivity contribution in [1.29, 1.82) is 0 Å². The van der Waals surface area contributed by atoms with Gasteiger partial charge in [-0.25, -0.2) is 0 Å². The lowest BCUT2D eigenvalue weighted by Gasteiger charge is -2.08. The highest BCUT2D eigenvalue weighted by Gasteiger charge is 2.03. The Morgan fingerprint density at radius 3 is 3.00 bits per heavy atom. The molecular weight excluding hydrogens is 120 g/mol. The van der Waals surface area contributed by atoms with E-state index in [1.54, 1.807) is 0 Å². The number of rotatable bonds is 0. The summed E-state index contributed by atoms with van der Waals surface area (Å²) in [6.45, 7) is 0. The molecular formula is C10H10. The quantitative estimate of drug-likeness (QED) is 0.473. The monoisotopic (exact) mass is 130 g/mol. The number of hydrogen-bond acceptors (Lipinski definition) is 0. The van der Waals surface area contributed by atoms with Gasteiger partial charge in [0.1, 0.15) is 0 Å². The first-order valence-corrected chi connectivity index (χ1v) is 3.67. The molecule has 2 rings (SSSR count). The van der Waals surface area contributed by atoms with Crippen LogP contribution in [0.2, 0.25) is 0 Å². The van der Waals surface area contributed by atoms with E-state index >= 15 is 0 Å². The molecule has 2 bridgehead atoms. The zero-order valence-corrected chi connectivity index (χ0v) is 5.88. The maximum absolute atomic E-state index is 2.23. The molecule has 0 fully saturated rings. The second-order valence-corrected chi connectivity index (χ2v) is 2.73. The molecule has 0 amide bonds. The first kappa shape index (κ1) is 5.72. The molecule has 0 nitrogen and oxygen atoms in total. The van der Waals surface area contributed by atoms with Gasteiger partial charge in [-0.05, 0) is 18.4 Å². The molecule has 0 aromatic carbocycles. The Kier molecular flexibility index (Phi) is 1.31. The number of allylic oxidation sites excluding steroid dienone is 8. The minimum atomic E-state index is 1.14. The summed E-state index contributed by atoms with van der Waals surface area (Å²) in [6, 6.07) is 0. The van der Waals surface area contributed by atoms with Crippen LogP contribution in [0.1, 0.15) is 12.8 Å². The first-order valence-electron chi connectivity index (χ1n) is 3.67. The average Bonchev–Trinajstić information content (AvgIpc) is 2.12. The second-order valence-electron chi connectivity index (χ2n) is 2.73. The molecule has 0 radical (unpaired) electrons. The molecule has 0 aromatic rings. The van der Waals surface area contributed by atoms with Crippen LogP contribution in [0.5, 0.6) is 0 Å². The Balaban J connectivity index is 2.44. The van der Waals surface area contributed by atoms with E-state index in [2.05, 4.69) is 36.5 Å². The van der Waals surface area contributed by atoms with Crippen LogP contribution >= 0.6 is 0 Å². The molecule has 0 saturated heterocycles. The van der Waals surface area contributed by atoms with Crippen molar-refractivity contribution >= 4 is 0 Å². The van der Waals surface area contributed by atoms with Crippen molar-refractivity contribution in [2.75, 3.05) is 0 Å². The van der Waals surface area contributed by atoms with E-state index in [1.165, 1.54) is 11.1 Å². The molecule has 2 aliphatic carbocycles. The number of hydrogen-bond donors (Lipinski definition) is 0. The lowest BCUT2D eigenvalue weighted by molar-refractivity contribution is 1.04. The summed E-state index contributed by atoms with van der Waals surface area (Å²) >= 11 is 0. The van der Waals surface area contributed by atoms with Gasteiger partial charge >= 0.3 is 0 Å². The lowest BCUT2D eigenvalue weighted by atomic mass is 9.97. The van der Waals surface area contributed by atoms with Crippen molar-refractivity contribution < 1.29 is 0 Å². The maximum atomic E-state index is 2.23. The van der Waals surface area contributed by atoms with Gasteiger partial charge in [0.25, 0.3) is 0 Å². The van der Waals surface area contributed by atoms with E-state index in [9.17, 15) is 0 Å². The normalized spacial score (nSPS) is 21.6. The van der Waals surface area contributed by atoms with E-state index in [4.69, 9.17) is 0 Å². The molecule has 2 aliphatic rings. The third kappa shape index (κ3) is 0.971. The van der Waals surface area contributed by atoms with E-state index in [-0.39, 0.29) is 0 Å². The Bertz CT molecular complexity index is 249. The van der Waals surface area contributed by atoms with Crippen molar-refractivity contribution in [3.8, 4) is 0 Å². The van der Waals surface area contributed by atoms with Gasteiger partial charge in [-0.2, -0.15) is 0 Å². The zero-order valence-electron chi connectivity index (χ0n) is 5.88. The highest BCUT2D eigenvalue weighted by Crippen LogP contribution is 2.23. The Morgan fingerprint density at radius 2 is 2.00 bits per heavy atom. The topological polar surface area (TPSA) is 0 Å². The first-order chi connectivity index (χ1) is 4.95. The van der Waals surface area contributed by atoms with Crippen molar-refractivity contribution in [3.05, 3.63) is 47.6 Å². The smallest absolute Gasteiger partial charge is 0.00610 e. The van der Waals surface area contributed by atoms with Gasteiger partial charge < -0.3 is 0 Å². The lowest BCUT2D eigenvalue weighted by Crippen LogP contribution is -1.89. The maximum Gasteiger partial charge on any atom is -0.00610 e. The Hall–Kier alpha value is -1.04. The molecule has 0 spiro atoms. The third-order valence-electron chi connectivity index (χ3n) is 1.90. The third-order valence-corrected chi connectivity index (χ3v) is 1.90. The van der Waals surface area contributed by atoms with Gasteiger partial charge in [-0.3, -0.25) is 0 Å². The van der Waals surface area contributed by atoms with Crippen LogP contribution in [0.25, 0.3) is 0 Å². The molecule has 0 aromatic heterocycles. The van der Waals surface area contributed by atoms with Crippen LogP contribution in [0.4, 0.5) is 0 Å². The molecule has 0 saturated carbocycles. The fourth-order valence-corrected chi connectivity index (χ4v) is 1.37. The largest absolute Gasteiger partial charge is 0.0802 e. The van der Waals surface area contributed by atoms with Crippen molar-refractivity contribution in [3.63, 3.8) is 0 Å². The predicted molar refractivity (Wildman–Crippen MR) is 43.7 cm³/mol. The van der Waals surface area contributed by atoms with Crippen molar-refractivity contribution in [2.45, 2.75) is 12.8 Å². The van der Waals surface area contributed by atoms with Crippen LogP contribution < -0.4 is 0 Å². The molecule has 10 heavy (non-hydrogen) atoms. The summed E-state index contributed by atoms with van der Waals surface area (Å²) in [7, 11) is 0.